The molecule has 8 aromatic carbocycles. The van der Waals surface area contributed by atoms with Gasteiger partial charge in [0.05, 0.1) is 27.8 Å². The number of fused-ring (bicyclic) bond motifs is 8. The van der Waals surface area contributed by atoms with Crippen LogP contribution in [0.5, 0.6) is 0 Å². The van der Waals surface area contributed by atoms with E-state index in [1.54, 1.807) is 0 Å². The molecule has 11 rings (SSSR count). The van der Waals surface area contributed by atoms with Crippen LogP contribution in [0.15, 0.2) is 188 Å². The zero-order valence-corrected chi connectivity index (χ0v) is 28.2. The molecular weight excluding hydrogens is 631 g/mol. The Morgan fingerprint density at radius 2 is 0.827 bits per heavy atom. The molecule has 0 aliphatic carbocycles. The predicted molar refractivity (Wildman–Crippen MR) is 219 cm³/mol. The van der Waals surface area contributed by atoms with Crippen LogP contribution >= 0.6 is 0 Å². The quantitative estimate of drug-likeness (QED) is 0.184. The lowest BCUT2D eigenvalue weighted by Crippen LogP contribution is -2.00. The van der Waals surface area contributed by atoms with Gasteiger partial charge in [-0.25, -0.2) is 4.98 Å². The number of rotatable bonds is 4. The van der Waals surface area contributed by atoms with Gasteiger partial charge in [0, 0.05) is 38.2 Å². The number of benzene rings is 8. The maximum Gasteiger partial charge on any atom is 0.138 e. The zero-order chi connectivity index (χ0) is 34.2. The van der Waals surface area contributed by atoms with Crippen LogP contribution in [0.1, 0.15) is 0 Å². The van der Waals surface area contributed by atoms with E-state index in [4.69, 9.17) is 4.98 Å². The first-order valence-corrected chi connectivity index (χ1v) is 17.8. The lowest BCUT2D eigenvalue weighted by molar-refractivity contribution is 1.09. The molecule has 0 saturated heterocycles. The number of nitrogens with zero attached hydrogens (tertiary/aromatic N) is 3. The van der Waals surface area contributed by atoms with E-state index in [1.165, 1.54) is 59.9 Å². The number of hydrogen-bond acceptors (Lipinski definition) is 1. The second-order valence-electron chi connectivity index (χ2n) is 13.6. The molecule has 11 aromatic rings. The first-order valence-electron chi connectivity index (χ1n) is 17.8. The standard InChI is InChI=1S/C49H31N3/c1-3-15-32(16-4-1)41-29-36(27-34-19-7-9-21-37(34)41)51-44-25-13-11-23-39(44)42-31-47-43(30-46(42)51)40-24-12-14-26-45(40)52(47)48-28-35-20-8-10-22-38(35)49(50-48)33-17-5-2-6-18-33/h1-31H. The molecule has 0 N–H and O–H groups in total. The molecule has 0 fully saturated rings. The Bertz CT molecular complexity index is 2950. The Morgan fingerprint density at radius 3 is 1.50 bits per heavy atom. The molecule has 0 radical (unpaired) electrons. The number of para-hydroxylation sites is 2. The summed E-state index contributed by atoms with van der Waals surface area (Å²) in [5, 5.41) is 9.63. The third-order valence-corrected chi connectivity index (χ3v) is 10.7. The van der Waals surface area contributed by atoms with Gasteiger partial charge >= 0.3 is 0 Å². The first kappa shape index (κ1) is 28.8. The van der Waals surface area contributed by atoms with Gasteiger partial charge in [0.2, 0.25) is 0 Å². The van der Waals surface area contributed by atoms with Gasteiger partial charge in [-0.3, -0.25) is 4.57 Å². The number of aromatic nitrogens is 3. The zero-order valence-electron chi connectivity index (χ0n) is 28.2. The van der Waals surface area contributed by atoms with Crippen molar-refractivity contribution in [1.29, 1.82) is 0 Å². The minimum atomic E-state index is 0.911. The lowest BCUT2D eigenvalue weighted by Gasteiger charge is -2.14. The molecule has 0 spiro atoms. The summed E-state index contributed by atoms with van der Waals surface area (Å²) in [5.41, 5.74) is 10.3. The Morgan fingerprint density at radius 1 is 0.327 bits per heavy atom. The largest absolute Gasteiger partial charge is 0.309 e. The van der Waals surface area contributed by atoms with E-state index in [0.717, 1.165) is 39.2 Å². The van der Waals surface area contributed by atoms with E-state index < -0.39 is 0 Å². The molecule has 0 atom stereocenters. The maximum absolute atomic E-state index is 5.43. The molecule has 3 heterocycles. The summed E-state index contributed by atoms with van der Waals surface area (Å²) in [7, 11) is 0. The van der Waals surface area contributed by atoms with Crippen LogP contribution in [0, 0.1) is 0 Å². The van der Waals surface area contributed by atoms with E-state index in [9.17, 15) is 0 Å². The Labute approximate surface area is 300 Å². The Kier molecular flexibility index (Phi) is 6.25. The van der Waals surface area contributed by atoms with E-state index in [1.807, 2.05) is 0 Å². The average molecular weight is 662 g/mol. The van der Waals surface area contributed by atoms with Crippen molar-refractivity contribution in [3.05, 3.63) is 188 Å². The molecule has 0 bridgehead atoms. The number of pyridine rings is 1. The van der Waals surface area contributed by atoms with Crippen LogP contribution < -0.4 is 0 Å². The normalized spacial score (nSPS) is 11.8. The fourth-order valence-electron chi connectivity index (χ4n) is 8.35. The summed E-state index contributed by atoms with van der Waals surface area (Å²) in [6.45, 7) is 0. The van der Waals surface area contributed by atoms with E-state index >= 15 is 0 Å². The van der Waals surface area contributed by atoms with Crippen LogP contribution in [-0.2, 0) is 0 Å². The molecular formula is C49H31N3. The van der Waals surface area contributed by atoms with Gasteiger partial charge in [0.25, 0.3) is 0 Å². The summed E-state index contributed by atoms with van der Waals surface area (Å²) in [4.78, 5) is 5.43. The van der Waals surface area contributed by atoms with E-state index in [-0.39, 0.29) is 0 Å². The Hall–Kier alpha value is -6.97. The topological polar surface area (TPSA) is 22.8 Å². The summed E-state index contributed by atoms with van der Waals surface area (Å²) in [6, 6.07) is 67.9. The van der Waals surface area contributed by atoms with Gasteiger partial charge in [-0.05, 0) is 69.8 Å². The fourth-order valence-corrected chi connectivity index (χ4v) is 8.35. The van der Waals surface area contributed by atoms with Crippen molar-refractivity contribution in [1.82, 2.24) is 14.1 Å². The highest BCUT2D eigenvalue weighted by Crippen LogP contribution is 2.41. The Balaban J connectivity index is 1.24. The fraction of sp³-hybridized carbons (Fsp3) is 0. The third-order valence-electron chi connectivity index (χ3n) is 10.7. The minimum Gasteiger partial charge on any atom is -0.309 e. The average Bonchev–Trinajstić information content (AvgIpc) is 3.72. The summed E-state index contributed by atoms with van der Waals surface area (Å²) in [6.07, 6.45) is 0. The van der Waals surface area contributed by atoms with Crippen molar-refractivity contribution >= 4 is 65.2 Å². The predicted octanol–water partition coefficient (Wildman–Crippen LogP) is 12.9. The summed E-state index contributed by atoms with van der Waals surface area (Å²) < 4.78 is 4.81. The molecule has 3 heteroatoms. The third kappa shape index (κ3) is 4.30. The monoisotopic (exact) mass is 661 g/mol. The van der Waals surface area contributed by atoms with Crippen LogP contribution in [0.25, 0.3) is 99.0 Å². The molecule has 0 aliphatic heterocycles. The molecule has 0 aliphatic rings. The highest BCUT2D eigenvalue weighted by atomic mass is 15.1. The van der Waals surface area contributed by atoms with Crippen LogP contribution in [0.2, 0.25) is 0 Å². The summed E-state index contributed by atoms with van der Waals surface area (Å²) >= 11 is 0. The van der Waals surface area contributed by atoms with Crippen molar-refractivity contribution < 1.29 is 0 Å². The van der Waals surface area contributed by atoms with Crippen molar-refractivity contribution in [2.45, 2.75) is 0 Å². The second-order valence-corrected chi connectivity index (χ2v) is 13.6. The van der Waals surface area contributed by atoms with Crippen LogP contribution in [0.3, 0.4) is 0 Å². The van der Waals surface area contributed by atoms with Gasteiger partial charge in [-0.15, -0.1) is 0 Å². The van der Waals surface area contributed by atoms with Crippen molar-refractivity contribution in [2.24, 2.45) is 0 Å². The highest BCUT2D eigenvalue weighted by Gasteiger charge is 2.20. The van der Waals surface area contributed by atoms with Crippen molar-refractivity contribution in [2.75, 3.05) is 0 Å². The van der Waals surface area contributed by atoms with Crippen LogP contribution in [-0.4, -0.2) is 14.1 Å². The van der Waals surface area contributed by atoms with Crippen molar-refractivity contribution in [3.63, 3.8) is 0 Å². The molecule has 0 unspecified atom stereocenters. The highest BCUT2D eigenvalue weighted by molar-refractivity contribution is 6.19. The molecule has 242 valence electrons. The van der Waals surface area contributed by atoms with Gasteiger partial charge in [-0.1, -0.05) is 146 Å². The second kappa shape index (κ2) is 11.3. The van der Waals surface area contributed by atoms with Crippen molar-refractivity contribution in [3.8, 4) is 33.9 Å². The molecule has 3 aromatic heterocycles. The maximum atomic E-state index is 5.43. The molecule has 0 saturated carbocycles. The molecule has 52 heavy (non-hydrogen) atoms. The number of hydrogen-bond donors (Lipinski definition) is 0. The van der Waals surface area contributed by atoms with Gasteiger partial charge in [-0.2, -0.15) is 0 Å². The molecule has 0 amide bonds. The van der Waals surface area contributed by atoms with E-state index in [0.29, 0.717) is 0 Å². The van der Waals surface area contributed by atoms with Gasteiger partial charge in [0.1, 0.15) is 5.82 Å². The van der Waals surface area contributed by atoms with Gasteiger partial charge in [0.15, 0.2) is 0 Å². The van der Waals surface area contributed by atoms with Gasteiger partial charge < -0.3 is 4.57 Å². The molecule has 3 nitrogen and oxygen atoms in total. The first-order chi connectivity index (χ1) is 25.8. The minimum absolute atomic E-state index is 0.911. The lowest BCUT2D eigenvalue weighted by atomic mass is 9.97. The van der Waals surface area contributed by atoms with Crippen LogP contribution in [0.4, 0.5) is 0 Å². The summed E-state index contributed by atoms with van der Waals surface area (Å²) in [5.74, 6) is 0.911. The SMILES string of the molecule is c1ccc(-c2cc(-n3c4ccccc4c4cc5c(cc43)c3ccccc3n5-c3cc4ccccc4c(-c4ccccc4)n3)cc3ccccc23)cc1. The smallest absolute Gasteiger partial charge is 0.138 e. The van der Waals surface area contributed by atoms with E-state index in [2.05, 4.69) is 197 Å².